The Balaban J connectivity index is 1.39. The van der Waals surface area contributed by atoms with Gasteiger partial charge in [0.1, 0.15) is 17.7 Å². The van der Waals surface area contributed by atoms with Crippen LogP contribution >= 0.6 is 0 Å². The number of hydrogen-bond acceptors (Lipinski definition) is 4. The summed E-state index contributed by atoms with van der Waals surface area (Å²) in [7, 11) is 0. The van der Waals surface area contributed by atoms with Gasteiger partial charge in [-0.15, -0.1) is 0 Å². The van der Waals surface area contributed by atoms with Crippen LogP contribution in [0.1, 0.15) is 23.2 Å². The van der Waals surface area contributed by atoms with Crippen molar-refractivity contribution in [3.05, 3.63) is 53.8 Å². The fourth-order valence-corrected chi connectivity index (χ4v) is 4.46. The quantitative estimate of drug-likeness (QED) is 0.534. The van der Waals surface area contributed by atoms with Crippen molar-refractivity contribution in [2.45, 2.75) is 18.9 Å². The molecular formula is C22H22FN5O2. The van der Waals surface area contributed by atoms with Crippen molar-refractivity contribution < 1.29 is 14.0 Å². The zero-order chi connectivity index (χ0) is 20.7. The van der Waals surface area contributed by atoms with Crippen LogP contribution in [-0.4, -0.2) is 47.5 Å². The number of fused-ring (bicyclic) bond motifs is 1. The Labute approximate surface area is 172 Å². The van der Waals surface area contributed by atoms with Crippen LogP contribution < -0.4 is 16.0 Å². The summed E-state index contributed by atoms with van der Waals surface area (Å²) in [6, 6.07) is 10.7. The monoisotopic (exact) mass is 407 g/mol. The van der Waals surface area contributed by atoms with E-state index in [1.54, 1.807) is 30.3 Å². The Morgan fingerprint density at radius 1 is 1.13 bits per heavy atom. The second-order valence-electron chi connectivity index (χ2n) is 8.06. The summed E-state index contributed by atoms with van der Waals surface area (Å²) in [5.41, 5.74) is 2.40. The highest BCUT2D eigenvalue weighted by Crippen LogP contribution is 2.36. The smallest absolute Gasteiger partial charge is 0.252 e. The molecule has 2 fully saturated rings. The Kier molecular flexibility index (Phi) is 4.51. The van der Waals surface area contributed by atoms with Gasteiger partial charge in [-0.05, 0) is 68.4 Å². The molecule has 2 amide bonds. The number of nitrogens with one attached hydrogen (secondary N) is 4. The van der Waals surface area contributed by atoms with E-state index in [1.165, 1.54) is 12.1 Å². The van der Waals surface area contributed by atoms with Gasteiger partial charge in [-0.3, -0.25) is 9.59 Å². The normalized spacial score (nSPS) is 20.4. The van der Waals surface area contributed by atoms with Crippen LogP contribution in [0.2, 0.25) is 0 Å². The first kappa shape index (κ1) is 18.7. The topological polar surface area (TPSA) is 98.9 Å². The van der Waals surface area contributed by atoms with Crippen molar-refractivity contribution in [1.82, 2.24) is 25.9 Å². The number of aromatic nitrogens is 2. The highest BCUT2D eigenvalue weighted by atomic mass is 19.1. The van der Waals surface area contributed by atoms with Gasteiger partial charge in [-0.1, -0.05) is 0 Å². The number of rotatable bonds is 3. The zero-order valence-corrected chi connectivity index (χ0v) is 16.3. The Morgan fingerprint density at radius 3 is 2.67 bits per heavy atom. The maximum Gasteiger partial charge on any atom is 0.252 e. The Hall–Kier alpha value is -3.26. The lowest BCUT2D eigenvalue weighted by molar-refractivity contribution is -0.121. The summed E-state index contributed by atoms with van der Waals surface area (Å²) >= 11 is 0. The van der Waals surface area contributed by atoms with Crippen LogP contribution in [0.4, 0.5) is 4.39 Å². The molecule has 8 heteroatoms. The van der Waals surface area contributed by atoms with E-state index in [-0.39, 0.29) is 23.0 Å². The van der Waals surface area contributed by atoms with Gasteiger partial charge < -0.3 is 20.9 Å². The Morgan fingerprint density at radius 2 is 1.90 bits per heavy atom. The van der Waals surface area contributed by atoms with Crippen LogP contribution in [0, 0.1) is 11.2 Å². The predicted octanol–water partition coefficient (Wildman–Crippen LogP) is 1.97. The lowest BCUT2D eigenvalue weighted by Crippen LogP contribution is -2.53. The molecule has 2 saturated heterocycles. The van der Waals surface area contributed by atoms with Crippen molar-refractivity contribution in [3.63, 3.8) is 0 Å². The largest absolute Gasteiger partial charge is 0.354 e. The first-order valence-corrected chi connectivity index (χ1v) is 10.1. The number of amides is 2. The molecule has 7 nitrogen and oxygen atoms in total. The summed E-state index contributed by atoms with van der Waals surface area (Å²) in [4.78, 5) is 33.1. The van der Waals surface area contributed by atoms with Crippen LogP contribution in [0.3, 0.4) is 0 Å². The molecular weight excluding hydrogens is 385 g/mol. The van der Waals surface area contributed by atoms with Crippen molar-refractivity contribution in [1.29, 1.82) is 0 Å². The standard InChI is InChI=1S/C22H22FN5O2/c23-15-4-1-13(2-5-15)19-26-16-6-3-14(11-17(16)27-19)20(29)28-18-21(30)25-12-22(18)7-9-24-10-8-22/h1-6,11,18,24H,7-10,12H2,(H,25,30)(H,26,27)(H,28,29). The van der Waals surface area contributed by atoms with Crippen molar-refractivity contribution in [2.24, 2.45) is 5.41 Å². The number of halogens is 1. The van der Waals surface area contributed by atoms with Gasteiger partial charge >= 0.3 is 0 Å². The van der Waals surface area contributed by atoms with E-state index in [1.807, 2.05) is 0 Å². The van der Waals surface area contributed by atoms with Crippen LogP contribution in [-0.2, 0) is 4.79 Å². The number of carbonyl (C=O) groups excluding carboxylic acids is 2. The second-order valence-corrected chi connectivity index (χ2v) is 8.06. The number of benzene rings is 2. The van der Waals surface area contributed by atoms with E-state index >= 15 is 0 Å². The maximum atomic E-state index is 13.2. The van der Waals surface area contributed by atoms with E-state index < -0.39 is 6.04 Å². The summed E-state index contributed by atoms with van der Waals surface area (Å²) in [6.07, 6.45) is 1.69. The molecule has 2 aromatic carbocycles. The van der Waals surface area contributed by atoms with E-state index in [9.17, 15) is 14.0 Å². The average Bonchev–Trinajstić information content (AvgIpc) is 3.31. The fourth-order valence-electron chi connectivity index (χ4n) is 4.46. The van der Waals surface area contributed by atoms with Gasteiger partial charge in [0.05, 0.1) is 11.0 Å². The molecule has 3 aromatic rings. The minimum Gasteiger partial charge on any atom is -0.354 e. The van der Waals surface area contributed by atoms with Crippen LogP contribution in [0.5, 0.6) is 0 Å². The third-order valence-corrected chi connectivity index (χ3v) is 6.23. The lowest BCUT2D eigenvalue weighted by atomic mass is 9.74. The number of nitrogens with zero attached hydrogens (tertiary/aromatic N) is 1. The number of piperidine rings is 1. The number of aromatic amines is 1. The summed E-state index contributed by atoms with van der Waals surface area (Å²) in [5, 5.41) is 9.19. The molecule has 4 N–H and O–H groups in total. The van der Waals surface area contributed by atoms with Crippen LogP contribution in [0.25, 0.3) is 22.4 Å². The molecule has 2 aliphatic heterocycles. The van der Waals surface area contributed by atoms with Gasteiger partial charge in [-0.2, -0.15) is 0 Å². The van der Waals surface area contributed by atoms with Crippen molar-refractivity contribution >= 4 is 22.8 Å². The SMILES string of the molecule is O=C(NC1C(=O)NCC12CCNCC2)c1ccc2nc(-c3ccc(F)cc3)[nH]c2c1. The van der Waals surface area contributed by atoms with E-state index in [4.69, 9.17) is 0 Å². The molecule has 2 aliphatic rings. The highest BCUT2D eigenvalue weighted by Gasteiger charge is 2.49. The van der Waals surface area contributed by atoms with Crippen LogP contribution in [0.15, 0.2) is 42.5 Å². The number of H-pyrrole nitrogens is 1. The minimum atomic E-state index is -0.528. The number of carbonyl (C=O) groups is 2. The van der Waals surface area contributed by atoms with Gasteiger partial charge in [0, 0.05) is 23.1 Å². The summed E-state index contributed by atoms with van der Waals surface area (Å²) in [6.45, 7) is 2.28. The third-order valence-electron chi connectivity index (χ3n) is 6.23. The molecule has 0 radical (unpaired) electrons. The van der Waals surface area contributed by atoms with Gasteiger partial charge in [0.2, 0.25) is 5.91 Å². The fraction of sp³-hybridized carbons (Fsp3) is 0.318. The van der Waals surface area contributed by atoms with Crippen molar-refractivity contribution in [3.8, 4) is 11.4 Å². The first-order chi connectivity index (χ1) is 14.5. The molecule has 0 aliphatic carbocycles. The average molecular weight is 407 g/mol. The maximum absolute atomic E-state index is 13.2. The Bertz CT molecular complexity index is 1120. The molecule has 0 saturated carbocycles. The molecule has 5 rings (SSSR count). The summed E-state index contributed by atoms with van der Waals surface area (Å²) < 4.78 is 13.2. The molecule has 1 spiro atoms. The number of hydrogen-bond donors (Lipinski definition) is 4. The predicted molar refractivity (Wildman–Crippen MR) is 110 cm³/mol. The molecule has 0 bridgehead atoms. The number of imidazole rings is 1. The minimum absolute atomic E-state index is 0.119. The lowest BCUT2D eigenvalue weighted by Gasteiger charge is -2.37. The van der Waals surface area contributed by atoms with Gasteiger partial charge in [-0.25, -0.2) is 9.37 Å². The second kappa shape index (κ2) is 7.21. The molecule has 1 aromatic heterocycles. The summed E-state index contributed by atoms with van der Waals surface area (Å²) in [5.74, 6) is -0.107. The first-order valence-electron chi connectivity index (χ1n) is 10.1. The van der Waals surface area contributed by atoms with E-state index in [0.29, 0.717) is 29.0 Å². The molecule has 1 unspecified atom stereocenters. The van der Waals surface area contributed by atoms with E-state index in [0.717, 1.165) is 31.5 Å². The molecule has 30 heavy (non-hydrogen) atoms. The molecule has 154 valence electrons. The van der Waals surface area contributed by atoms with Gasteiger partial charge in [0.15, 0.2) is 0 Å². The molecule has 3 heterocycles. The van der Waals surface area contributed by atoms with Gasteiger partial charge in [0.25, 0.3) is 5.91 Å². The highest BCUT2D eigenvalue weighted by molar-refractivity contribution is 6.00. The third kappa shape index (κ3) is 3.23. The van der Waals surface area contributed by atoms with Crippen molar-refractivity contribution in [2.75, 3.05) is 19.6 Å². The molecule has 1 atom stereocenters. The zero-order valence-electron chi connectivity index (χ0n) is 16.3. The van der Waals surface area contributed by atoms with E-state index in [2.05, 4.69) is 25.9 Å².